The van der Waals surface area contributed by atoms with E-state index in [0.717, 1.165) is 54.1 Å². The van der Waals surface area contributed by atoms with E-state index in [1.165, 1.54) is 30.4 Å². The Morgan fingerprint density at radius 2 is 1.91 bits per heavy atom. The van der Waals surface area contributed by atoms with E-state index in [2.05, 4.69) is 43.5 Å². The molecule has 2 unspecified atom stereocenters. The van der Waals surface area contributed by atoms with Crippen molar-refractivity contribution in [2.75, 3.05) is 0 Å². The summed E-state index contributed by atoms with van der Waals surface area (Å²) in [5.41, 5.74) is 5.66. The monoisotopic (exact) mass is 462 g/mol. The average Bonchev–Trinajstić information content (AvgIpc) is 2.82. The van der Waals surface area contributed by atoms with Gasteiger partial charge in [0.05, 0.1) is 12.0 Å². The summed E-state index contributed by atoms with van der Waals surface area (Å²) in [6.45, 7) is 2.28. The van der Waals surface area contributed by atoms with E-state index in [-0.39, 0.29) is 5.56 Å². The minimum absolute atomic E-state index is 0.178. The van der Waals surface area contributed by atoms with Crippen LogP contribution < -0.4 is 10.1 Å². The smallest absolute Gasteiger partial charge is 0.274 e. The van der Waals surface area contributed by atoms with E-state index in [9.17, 15) is 4.79 Å². The van der Waals surface area contributed by atoms with Crippen molar-refractivity contribution >= 4 is 11.6 Å². The van der Waals surface area contributed by atoms with Gasteiger partial charge in [-0.15, -0.1) is 0 Å². The van der Waals surface area contributed by atoms with Crippen molar-refractivity contribution in [2.24, 2.45) is 13.0 Å². The second kappa shape index (κ2) is 9.42. The maximum atomic E-state index is 13.7. The highest BCUT2D eigenvalue weighted by atomic mass is 35.5. The SMILES string of the molecule is CC1Cc2c(ncn(C3CCCCC3)c2=O)-c2ccccc2C(Cc2ccc(Cl)[n+](C)c2)C1. The molecule has 0 N–H and O–H groups in total. The third-order valence-electron chi connectivity index (χ3n) is 7.57. The van der Waals surface area contributed by atoms with Gasteiger partial charge in [-0.3, -0.25) is 9.36 Å². The molecule has 3 aromatic rings. The van der Waals surface area contributed by atoms with Gasteiger partial charge in [-0.1, -0.05) is 50.5 Å². The molecule has 0 amide bonds. The number of aromatic nitrogens is 3. The molecule has 33 heavy (non-hydrogen) atoms. The molecule has 1 saturated carbocycles. The van der Waals surface area contributed by atoms with Crippen LogP contribution in [-0.2, 0) is 19.9 Å². The highest BCUT2D eigenvalue weighted by molar-refractivity contribution is 6.28. The zero-order chi connectivity index (χ0) is 22.9. The van der Waals surface area contributed by atoms with Crippen LogP contribution in [0.3, 0.4) is 0 Å². The van der Waals surface area contributed by atoms with Crippen molar-refractivity contribution in [2.45, 2.75) is 70.3 Å². The van der Waals surface area contributed by atoms with Gasteiger partial charge in [-0.25, -0.2) is 4.98 Å². The Kier molecular flexibility index (Phi) is 6.38. The largest absolute Gasteiger partial charge is 0.296 e. The molecule has 2 heterocycles. The summed E-state index contributed by atoms with van der Waals surface area (Å²) in [4.78, 5) is 18.6. The van der Waals surface area contributed by atoms with E-state index in [0.29, 0.717) is 17.9 Å². The summed E-state index contributed by atoms with van der Waals surface area (Å²) >= 11 is 6.24. The van der Waals surface area contributed by atoms with Gasteiger partial charge < -0.3 is 0 Å². The van der Waals surface area contributed by atoms with Crippen LogP contribution in [0.4, 0.5) is 0 Å². The second-order valence-corrected chi connectivity index (χ2v) is 10.5. The maximum Gasteiger partial charge on any atom is 0.274 e. The first-order chi connectivity index (χ1) is 16.0. The molecular formula is C28H33ClN3O+. The third kappa shape index (κ3) is 4.50. The summed E-state index contributed by atoms with van der Waals surface area (Å²) in [7, 11) is 1.98. The molecule has 2 aliphatic carbocycles. The van der Waals surface area contributed by atoms with Gasteiger partial charge in [0.2, 0.25) is 0 Å². The van der Waals surface area contributed by atoms with Gasteiger partial charge in [-0.2, -0.15) is 4.57 Å². The molecule has 5 heteroatoms. The van der Waals surface area contributed by atoms with Crippen molar-refractivity contribution in [1.29, 1.82) is 0 Å². The summed E-state index contributed by atoms with van der Waals surface area (Å²) < 4.78 is 3.92. The number of fused-ring (bicyclic) bond motifs is 3. The fourth-order valence-corrected chi connectivity index (χ4v) is 6.01. The first kappa shape index (κ1) is 22.3. The molecule has 1 fully saturated rings. The maximum absolute atomic E-state index is 13.7. The average molecular weight is 463 g/mol. The summed E-state index contributed by atoms with van der Waals surface area (Å²) in [6, 6.07) is 13.0. The Bertz CT molecular complexity index is 1210. The molecular weight excluding hydrogens is 430 g/mol. The van der Waals surface area contributed by atoms with Crippen molar-refractivity contribution in [3.8, 4) is 11.3 Å². The molecule has 4 nitrogen and oxygen atoms in total. The number of aryl methyl sites for hydroxylation is 1. The Balaban J connectivity index is 1.57. The lowest BCUT2D eigenvalue weighted by atomic mass is 9.78. The van der Waals surface area contributed by atoms with Crippen LogP contribution in [0.15, 0.2) is 53.7 Å². The first-order valence-electron chi connectivity index (χ1n) is 12.3. The molecule has 172 valence electrons. The lowest BCUT2D eigenvalue weighted by molar-refractivity contribution is -0.669. The van der Waals surface area contributed by atoms with Crippen molar-refractivity contribution in [3.63, 3.8) is 0 Å². The highest BCUT2D eigenvalue weighted by Gasteiger charge is 2.28. The van der Waals surface area contributed by atoms with E-state index in [4.69, 9.17) is 16.6 Å². The van der Waals surface area contributed by atoms with Gasteiger partial charge in [0, 0.05) is 28.8 Å². The van der Waals surface area contributed by atoms with Gasteiger partial charge in [0.25, 0.3) is 10.7 Å². The van der Waals surface area contributed by atoms with Crippen LogP contribution in [0.25, 0.3) is 11.3 Å². The molecule has 0 bridgehead atoms. The fourth-order valence-electron chi connectivity index (χ4n) is 5.90. The van der Waals surface area contributed by atoms with E-state index >= 15 is 0 Å². The minimum atomic E-state index is 0.178. The lowest BCUT2D eigenvalue weighted by Crippen LogP contribution is -2.32. The molecule has 5 rings (SSSR count). The molecule has 2 atom stereocenters. The van der Waals surface area contributed by atoms with Gasteiger partial charge >= 0.3 is 0 Å². The molecule has 0 aliphatic heterocycles. The lowest BCUT2D eigenvalue weighted by Gasteiger charge is -2.29. The molecule has 2 aliphatic rings. The van der Waals surface area contributed by atoms with Gasteiger partial charge in [0.15, 0.2) is 6.20 Å². The normalized spacial score (nSPS) is 21.1. The van der Waals surface area contributed by atoms with Crippen LogP contribution in [-0.4, -0.2) is 9.55 Å². The zero-order valence-electron chi connectivity index (χ0n) is 19.6. The standard InChI is InChI=1S/C28H33ClN3O/c1-19-14-21(16-20-12-13-26(29)31(2)17-20)23-10-6-7-11-24(23)27-25(15-19)28(33)32(18-30-27)22-8-4-3-5-9-22/h6-7,10-13,17-19,21-22H,3-5,8-9,14-16H2,1-2H3/q+1. The Morgan fingerprint density at radius 3 is 2.70 bits per heavy atom. The quantitative estimate of drug-likeness (QED) is 0.364. The Labute approximate surface area is 201 Å². The molecule has 2 aromatic heterocycles. The van der Waals surface area contributed by atoms with Crippen LogP contribution in [0.5, 0.6) is 0 Å². The Morgan fingerprint density at radius 1 is 1.12 bits per heavy atom. The Hall–Kier alpha value is -2.46. The van der Waals surface area contributed by atoms with Crippen molar-refractivity contribution < 1.29 is 4.57 Å². The summed E-state index contributed by atoms with van der Waals surface area (Å²) in [5, 5.41) is 0.734. The van der Waals surface area contributed by atoms with Gasteiger partial charge in [-0.05, 0) is 67.2 Å². The second-order valence-electron chi connectivity index (χ2n) is 10.1. The van der Waals surface area contributed by atoms with Crippen LogP contribution in [0.1, 0.15) is 74.1 Å². The minimum Gasteiger partial charge on any atom is -0.296 e. The van der Waals surface area contributed by atoms with Crippen molar-refractivity contribution in [1.82, 2.24) is 9.55 Å². The number of nitrogens with zero attached hydrogens (tertiary/aromatic N) is 3. The van der Waals surface area contributed by atoms with Crippen LogP contribution in [0, 0.1) is 5.92 Å². The molecule has 1 aromatic carbocycles. The number of benzene rings is 1. The number of rotatable bonds is 3. The number of halogens is 1. The van der Waals surface area contributed by atoms with Crippen LogP contribution in [0.2, 0.25) is 5.15 Å². The number of pyridine rings is 1. The number of hydrogen-bond acceptors (Lipinski definition) is 2. The summed E-state index contributed by atoms with van der Waals surface area (Å²) in [5.74, 6) is 0.771. The predicted molar refractivity (Wildman–Crippen MR) is 133 cm³/mol. The summed E-state index contributed by atoms with van der Waals surface area (Å²) in [6.07, 6.45) is 12.6. The molecule has 0 radical (unpaired) electrons. The van der Waals surface area contributed by atoms with Gasteiger partial charge in [0.1, 0.15) is 7.05 Å². The highest BCUT2D eigenvalue weighted by Crippen LogP contribution is 2.39. The van der Waals surface area contributed by atoms with E-state index in [1.54, 1.807) is 0 Å². The zero-order valence-corrected chi connectivity index (χ0v) is 20.4. The number of hydrogen-bond donors (Lipinski definition) is 0. The predicted octanol–water partition coefficient (Wildman–Crippen LogP) is 5.80. The van der Waals surface area contributed by atoms with Crippen LogP contribution >= 0.6 is 11.6 Å². The fraction of sp³-hybridized carbons (Fsp3) is 0.464. The van der Waals surface area contributed by atoms with E-state index < -0.39 is 0 Å². The van der Waals surface area contributed by atoms with E-state index in [1.807, 2.05) is 28.6 Å². The topological polar surface area (TPSA) is 38.8 Å². The third-order valence-corrected chi connectivity index (χ3v) is 7.96. The molecule has 0 saturated heterocycles. The van der Waals surface area contributed by atoms with Crippen molar-refractivity contribution in [3.05, 3.63) is 81.1 Å². The molecule has 0 spiro atoms. The first-order valence-corrected chi connectivity index (χ1v) is 12.7.